The minimum atomic E-state index is 0.0916. The van der Waals surface area contributed by atoms with Crippen molar-refractivity contribution in [2.45, 2.75) is 44.8 Å². The second-order valence-electron chi connectivity index (χ2n) is 7.03. The third-order valence-corrected chi connectivity index (χ3v) is 6.11. The monoisotopic (exact) mass is 386 g/mol. The van der Waals surface area contributed by atoms with Crippen LogP contribution in [-0.4, -0.2) is 21.7 Å². The fourth-order valence-corrected chi connectivity index (χ4v) is 4.04. The molecule has 0 amide bonds. The van der Waals surface area contributed by atoms with E-state index in [0.29, 0.717) is 16.9 Å². The molecule has 0 bridgehead atoms. The number of rotatable bonds is 6. The minimum absolute atomic E-state index is 0.0916. The molecule has 0 unspecified atom stereocenters. The summed E-state index contributed by atoms with van der Waals surface area (Å²) in [5, 5.41) is 8.57. The molecule has 3 aromatic rings. The van der Waals surface area contributed by atoms with Gasteiger partial charge in [0.2, 0.25) is 5.89 Å². The molecule has 0 fully saturated rings. The molecule has 2 heterocycles. The van der Waals surface area contributed by atoms with Crippen LogP contribution in [0.1, 0.15) is 47.8 Å². The molecule has 0 aliphatic heterocycles. The molecule has 0 saturated heterocycles. The highest BCUT2D eigenvalue weighted by atomic mass is 32.2. The van der Waals surface area contributed by atoms with Gasteiger partial charge in [-0.2, -0.15) is 0 Å². The number of thiophene rings is 1. The van der Waals surface area contributed by atoms with Crippen LogP contribution in [0, 0.1) is 0 Å². The minimum Gasteiger partial charge on any atom is -0.411 e. The lowest BCUT2D eigenvalue weighted by molar-refractivity contribution is 0.102. The summed E-state index contributed by atoms with van der Waals surface area (Å²) >= 11 is 2.83. The Morgan fingerprint density at radius 2 is 1.85 bits per heavy atom. The molecular weight excluding hydrogens is 364 g/mol. The Kier molecular flexibility index (Phi) is 5.63. The van der Waals surface area contributed by atoms with Crippen molar-refractivity contribution < 1.29 is 9.21 Å². The molecule has 0 saturated carbocycles. The molecule has 6 heteroatoms. The van der Waals surface area contributed by atoms with Crippen molar-refractivity contribution in [2.24, 2.45) is 0 Å². The molecule has 0 radical (unpaired) electrons. The Hall–Kier alpha value is -1.92. The quantitative estimate of drug-likeness (QED) is 0.406. The summed E-state index contributed by atoms with van der Waals surface area (Å²) < 4.78 is 5.70. The van der Waals surface area contributed by atoms with Gasteiger partial charge in [0.25, 0.3) is 5.22 Å². The first-order chi connectivity index (χ1) is 12.4. The number of hydrogen-bond donors (Lipinski definition) is 0. The van der Waals surface area contributed by atoms with Gasteiger partial charge >= 0.3 is 0 Å². The number of hydrogen-bond acceptors (Lipinski definition) is 6. The van der Waals surface area contributed by atoms with Gasteiger partial charge in [-0.3, -0.25) is 4.79 Å². The Bertz CT molecular complexity index is 889. The zero-order valence-corrected chi connectivity index (χ0v) is 17.0. The van der Waals surface area contributed by atoms with Crippen LogP contribution in [-0.2, 0) is 11.8 Å². The topological polar surface area (TPSA) is 56.0 Å². The van der Waals surface area contributed by atoms with Gasteiger partial charge in [0.1, 0.15) is 0 Å². The van der Waals surface area contributed by atoms with Gasteiger partial charge in [-0.05, 0) is 41.7 Å². The summed E-state index contributed by atoms with van der Waals surface area (Å²) in [4.78, 5) is 14.3. The van der Waals surface area contributed by atoms with E-state index in [1.165, 1.54) is 22.2 Å². The van der Waals surface area contributed by atoms with Crippen molar-refractivity contribution in [3.8, 4) is 11.5 Å². The van der Waals surface area contributed by atoms with E-state index in [1.807, 2.05) is 24.3 Å². The molecule has 4 nitrogen and oxygen atoms in total. The van der Waals surface area contributed by atoms with Gasteiger partial charge in [-0.1, -0.05) is 51.6 Å². The first-order valence-electron chi connectivity index (χ1n) is 8.56. The van der Waals surface area contributed by atoms with Gasteiger partial charge in [-0.25, -0.2) is 0 Å². The van der Waals surface area contributed by atoms with Crippen LogP contribution in [0.15, 0.2) is 46.0 Å². The van der Waals surface area contributed by atoms with Crippen LogP contribution in [0.5, 0.6) is 0 Å². The highest BCUT2D eigenvalue weighted by Crippen LogP contribution is 2.28. The van der Waals surface area contributed by atoms with E-state index in [-0.39, 0.29) is 11.2 Å². The van der Waals surface area contributed by atoms with Crippen LogP contribution >= 0.6 is 23.1 Å². The highest BCUT2D eigenvalue weighted by Gasteiger charge is 2.16. The first-order valence-corrected chi connectivity index (χ1v) is 10.4. The van der Waals surface area contributed by atoms with Crippen molar-refractivity contribution in [3.63, 3.8) is 0 Å². The Balaban J connectivity index is 1.63. The smallest absolute Gasteiger partial charge is 0.277 e. The number of benzene rings is 1. The third kappa shape index (κ3) is 4.43. The Labute approximate surface area is 162 Å². The average Bonchev–Trinajstić information content (AvgIpc) is 3.28. The van der Waals surface area contributed by atoms with Crippen LogP contribution in [0.3, 0.4) is 0 Å². The molecule has 0 aliphatic rings. The number of ketones is 1. The lowest BCUT2D eigenvalue weighted by atomic mass is 9.87. The van der Waals surface area contributed by atoms with Gasteiger partial charge in [-0.15, -0.1) is 21.5 Å². The predicted molar refractivity (Wildman–Crippen MR) is 107 cm³/mol. The Morgan fingerprint density at radius 1 is 1.12 bits per heavy atom. The fraction of sp³-hybridized carbons (Fsp3) is 0.350. The standard InChI is InChI=1S/C20H22N2O2S2/c1-5-15-10-11-17(26-15)16(23)12-25-19-22-21-18(24-19)13-6-8-14(9-7-13)20(2,3)4/h6-11H,5,12H2,1-4H3. The molecule has 0 aliphatic carbocycles. The molecule has 1 aromatic carbocycles. The summed E-state index contributed by atoms with van der Waals surface area (Å²) in [7, 11) is 0. The van der Waals surface area contributed by atoms with Crippen LogP contribution in [0.25, 0.3) is 11.5 Å². The van der Waals surface area contributed by atoms with Gasteiger partial charge in [0, 0.05) is 10.4 Å². The van der Waals surface area contributed by atoms with E-state index in [4.69, 9.17) is 4.42 Å². The number of aryl methyl sites for hydroxylation is 1. The molecule has 0 atom stereocenters. The number of nitrogens with zero attached hydrogens (tertiary/aromatic N) is 2. The van der Waals surface area contributed by atoms with Crippen LogP contribution in [0.2, 0.25) is 0 Å². The molecular formula is C20H22N2O2S2. The summed E-state index contributed by atoms with van der Waals surface area (Å²) in [5.74, 6) is 0.868. The van der Waals surface area contributed by atoms with Gasteiger partial charge in [0.15, 0.2) is 5.78 Å². The first kappa shape index (κ1) is 18.9. The van der Waals surface area contributed by atoms with Crippen LogP contribution < -0.4 is 0 Å². The van der Waals surface area contributed by atoms with Crippen molar-refractivity contribution >= 4 is 28.9 Å². The maximum atomic E-state index is 12.3. The SMILES string of the molecule is CCc1ccc(C(=O)CSc2nnc(-c3ccc(C(C)(C)C)cc3)o2)s1. The lowest BCUT2D eigenvalue weighted by Gasteiger charge is -2.18. The van der Waals surface area contributed by atoms with E-state index >= 15 is 0 Å². The maximum absolute atomic E-state index is 12.3. The fourth-order valence-electron chi connectivity index (χ4n) is 2.41. The largest absolute Gasteiger partial charge is 0.411 e. The summed E-state index contributed by atoms with van der Waals surface area (Å²) in [6, 6.07) is 12.0. The van der Waals surface area contributed by atoms with E-state index in [1.54, 1.807) is 11.3 Å². The highest BCUT2D eigenvalue weighted by molar-refractivity contribution is 7.99. The number of carbonyl (C=O) groups excluding carboxylic acids is 1. The molecule has 26 heavy (non-hydrogen) atoms. The molecule has 2 aromatic heterocycles. The molecule has 136 valence electrons. The maximum Gasteiger partial charge on any atom is 0.277 e. The van der Waals surface area contributed by atoms with Crippen LogP contribution in [0.4, 0.5) is 0 Å². The summed E-state index contributed by atoms with van der Waals surface area (Å²) in [6.45, 7) is 8.62. The number of carbonyl (C=O) groups is 1. The van der Waals surface area contributed by atoms with E-state index in [2.05, 4.69) is 50.0 Å². The second-order valence-corrected chi connectivity index (χ2v) is 9.13. The normalized spacial score (nSPS) is 11.7. The van der Waals surface area contributed by atoms with Crippen molar-refractivity contribution in [2.75, 3.05) is 5.75 Å². The number of aromatic nitrogens is 2. The number of thioether (sulfide) groups is 1. The van der Waals surface area contributed by atoms with E-state index in [9.17, 15) is 4.79 Å². The van der Waals surface area contributed by atoms with Crippen molar-refractivity contribution in [3.05, 3.63) is 51.7 Å². The molecule has 0 N–H and O–H groups in total. The average molecular weight is 387 g/mol. The lowest BCUT2D eigenvalue weighted by Crippen LogP contribution is -2.10. The predicted octanol–water partition coefficient (Wildman–Crippen LogP) is 5.63. The number of Topliss-reactive ketones (excluding diaryl/α,β-unsaturated/α-hetero) is 1. The van der Waals surface area contributed by atoms with Crippen molar-refractivity contribution in [1.29, 1.82) is 0 Å². The molecule has 0 spiro atoms. The molecule has 3 rings (SSSR count). The summed E-state index contributed by atoms with van der Waals surface area (Å²) in [6.07, 6.45) is 0.951. The van der Waals surface area contributed by atoms with Gasteiger partial charge < -0.3 is 4.42 Å². The third-order valence-electron chi connectivity index (χ3n) is 4.02. The second kappa shape index (κ2) is 7.76. The van der Waals surface area contributed by atoms with E-state index < -0.39 is 0 Å². The van der Waals surface area contributed by atoms with Crippen molar-refractivity contribution in [1.82, 2.24) is 10.2 Å². The Morgan fingerprint density at radius 3 is 2.46 bits per heavy atom. The summed E-state index contributed by atoms with van der Waals surface area (Å²) in [5.41, 5.74) is 2.24. The van der Waals surface area contributed by atoms with Gasteiger partial charge in [0.05, 0.1) is 10.6 Å². The zero-order chi connectivity index (χ0) is 18.7. The zero-order valence-electron chi connectivity index (χ0n) is 15.4. The van der Waals surface area contributed by atoms with E-state index in [0.717, 1.165) is 16.9 Å².